The van der Waals surface area contributed by atoms with E-state index in [2.05, 4.69) is 0 Å². The van der Waals surface area contributed by atoms with E-state index in [9.17, 15) is 17.6 Å². The average molecular weight is 344 g/mol. The Kier molecular flexibility index (Phi) is 4.19. The van der Waals surface area contributed by atoms with Crippen molar-refractivity contribution in [2.45, 2.75) is 6.18 Å². The van der Waals surface area contributed by atoms with Crippen molar-refractivity contribution in [3.63, 3.8) is 0 Å². The third-order valence-corrected chi connectivity index (χ3v) is 3.91. The molecule has 20 heavy (non-hydrogen) atoms. The van der Waals surface area contributed by atoms with Crippen LogP contribution in [0.1, 0.15) is 5.56 Å². The molecule has 0 saturated carbocycles. The van der Waals surface area contributed by atoms with E-state index in [4.69, 9.17) is 34.8 Å². The average Bonchev–Trinajstić information content (AvgIpc) is 2.34. The second kappa shape index (κ2) is 5.43. The lowest BCUT2D eigenvalue weighted by Crippen LogP contribution is -2.07. The molecule has 0 bridgehead atoms. The molecule has 0 heterocycles. The van der Waals surface area contributed by atoms with Crippen LogP contribution < -0.4 is 0 Å². The van der Waals surface area contributed by atoms with E-state index < -0.39 is 17.6 Å². The van der Waals surface area contributed by atoms with Gasteiger partial charge in [0.15, 0.2) is 0 Å². The summed E-state index contributed by atoms with van der Waals surface area (Å²) in [5.74, 6) is -1.38. The molecule has 2 aromatic rings. The Morgan fingerprint density at radius 2 is 1.50 bits per heavy atom. The van der Waals surface area contributed by atoms with Crippen molar-refractivity contribution in [1.82, 2.24) is 0 Å². The van der Waals surface area contributed by atoms with Crippen LogP contribution in [-0.2, 0) is 6.18 Å². The van der Waals surface area contributed by atoms with E-state index in [1.54, 1.807) is 0 Å². The van der Waals surface area contributed by atoms with Crippen LogP contribution in [0.4, 0.5) is 17.6 Å². The predicted octanol–water partition coefficient (Wildman–Crippen LogP) is 6.47. The molecule has 106 valence electrons. The van der Waals surface area contributed by atoms with Crippen LogP contribution in [0.15, 0.2) is 30.3 Å². The first-order valence-corrected chi connectivity index (χ1v) is 6.36. The normalized spacial score (nSPS) is 11.8. The largest absolute Gasteiger partial charge is 0.419 e. The first-order valence-electron chi connectivity index (χ1n) is 5.22. The highest BCUT2D eigenvalue weighted by atomic mass is 35.5. The highest BCUT2D eigenvalue weighted by molar-refractivity contribution is 6.49. The number of hydrogen-bond donors (Lipinski definition) is 0. The molecule has 0 nitrogen and oxygen atoms in total. The summed E-state index contributed by atoms with van der Waals surface area (Å²) in [6.45, 7) is 0. The molecule has 2 rings (SSSR count). The fraction of sp³-hybridized carbons (Fsp3) is 0.0769. The van der Waals surface area contributed by atoms with Gasteiger partial charge in [0.05, 0.1) is 20.6 Å². The second-order valence-corrected chi connectivity index (χ2v) is 5.08. The maximum atomic E-state index is 13.5. The van der Waals surface area contributed by atoms with Gasteiger partial charge in [-0.3, -0.25) is 0 Å². The summed E-state index contributed by atoms with van der Waals surface area (Å²) in [4.78, 5) is 0. The summed E-state index contributed by atoms with van der Waals surface area (Å²) < 4.78 is 50.9. The van der Waals surface area contributed by atoms with Crippen LogP contribution in [0, 0.1) is 5.82 Å². The number of rotatable bonds is 1. The van der Waals surface area contributed by atoms with E-state index >= 15 is 0 Å². The van der Waals surface area contributed by atoms with Gasteiger partial charge in [0.25, 0.3) is 0 Å². The van der Waals surface area contributed by atoms with E-state index in [1.807, 2.05) is 0 Å². The quantitative estimate of drug-likeness (QED) is 0.411. The van der Waals surface area contributed by atoms with Gasteiger partial charge >= 0.3 is 6.18 Å². The van der Waals surface area contributed by atoms with Crippen LogP contribution in [0.5, 0.6) is 0 Å². The molecule has 7 heteroatoms. The van der Waals surface area contributed by atoms with Gasteiger partial charge in [-0.1, -0.05) is 46.9 Å². The fourth-order valence-electron chi connectivity index (χ4n) is 1.66. The van der Waals surface area contributed by atoms with Crippen molar-refractivity contribution in [3.8, 4) is 11.1 Å². The molecule has 0 aliphatic carbocycles. The van der Waals surface area contributed by atoms with Crippen LogP contribution in [0.3, 0.4) is 0 Å². The van der Waals surface area contributed by atoms with Gasteiger partial charge in [0.1, 0.15) is 5.82 Å². The third-order valence-electron chi connectivity index (χ3n) is 2.62. The van der Waals surface area contributed by atoms with Gasteiger partial charge in [-0.2, -0.15) is 13.2 Å². The Morgan fingerprint density at radius 3 is 2.05 bits per heavy atom. The predicted molar refractivity (Wildman–Crippen MR) is 71.9 cm³/mol. The monoisotopic (exact) mass is 342 g/mol. The standard InChI is InChI=1S/C13H5Cl3F4/c14-9-4-2-7(11(15)12(9)16)6-1-3-8(10(17)5-6)13(18,19)20/h1-5H. The van der Waals surface area contributed by atoms with Crippen molar-refractivity contribution < 1.29 is 17.6 Å². The molecular formula is C13H5Cl3F4. The van der Waals surface area contributed by atoms with Crippen molar-refractivity contribution in [3.05, 3.63) is 56.8 Å². The van der Waals surface area contributed by atoms with Gasteiger partial charge in [0.2, 0.25) is 0 Å². The Bertz CT molecular complexity index is 665. The molecule has 0 fully saturated rings. The van der Waals surface area contributed by atoms with Gasteiger partial charge in [-0.15, -0.1) is 0 Å². The Balaban J connectivity index is 2.56. The van der Waals surface area contributed by atoms with Gasteiger partial charge in [-0.25, -0.2) is 4.39 Å². The van der Waals surface area contributed by atoms with E-state index in [-0.39, 0.29) is 20.6 Å². The summed E-state index contributed by atoms with van der Waals surface area (Å²) in [5, 5.41) is 0.317. The Hall–Kier alpha value is -0.970. The molecule has 0 saturated heterocycles. The zero-order chi connectivity index (χ0) is 15.1. The van der Waals surface area contributed by atoms with E-state index in [1.165, 1.54) is 12.1 Å². The maximum absolute atomic E-state index is 13.5. The first-order chi connectivity index (χ1) is 9.21. The van der Waals surface area contributed by atoms with Crippen LogP contribution >= 0.6 is 34.8 Å². The highest BCUT2D eigenvalue weighted by Crippen LogP contribution is 2.39. The lowest BCUT2D eigenvalue weighted by molar-refractivity contribution is -0.139. The summed E-state index contributed by atoms with van der Waals surface area (Å²) >= 11 is 17.5. The maximum Gasteiger partial charge on any atom is 0.419 e. The second-order valence-electron chi connectivity index (χ2n) is 3.92. The molecule has 0 aliphatic rings. The summed E-state index contributed by atoms with van der Waals surface area (Å²) in [5.41, 5.74) is -0.856. The highest BCUT2D eigenvalue weighted by Gasteiger charge is 2.34. The Morgan fingerprint density at radius 1 is 0.850 bits per heavy atom. The zero-order valence-corrected chi connectivity index (χ0v) is 11.8. The molecule has 0 aromatic heterocycles. The van der Waals surface area contributed by atoms with Crippen LogP contribution in [-0.4, -0.2) is 0 Å². The van der Waals surface area contributed by atoms with Crippen molar-refractivity contribution in [2.75, 3.05) is 0 Å². The van der Waals surface area contributed by atoms with Crippen molar-refractivity contribution in [2.24, 2.45) is 0 Å². The zero-order valence-electron chi connectivity index (χ0n) is 9.53. The fourth-order valence-corrected chi connectivity index (χ4v) is 2.31. The topological polar surface area (TPSA) is 0 Å². The van der Waals surface area contributed by atoms with E-state index in [0.29, 0.717) is 11.6 Å². The number of alkyl halides is 3. The third kappa shape index (κ3) is 2.87. The number of benzene rings is 2. The lowest BCUT2D eigenvalue weighted by Gasteiger charge is -2.11. The number of hydrogen-bond acceptors (Lipinski definition) is 0. The van der Waals surface area contributed by atoms with Crippen LogP contribution in [0.25, 0.3) is 11.1 Å². The van der Waals surface area contributed by atoms with Crippen molar-refractivity contribution in [1.29, 1.82) is 0 Å². The molecular weight excluding hydrogens is 338 g/mol. The molecule has 0 unspecified atom stereocenters. The van der Waals surface area contributed by atoms with Gasteiger partial charge in [-0.05, 0) is 23.8 Å². The number of halogens is 7. The first kappa shape index (κ1) is 15.4. The minimum Gasteiger partial charge on any atom is -0.206 e. The Labute approximate surface area is 126 Å². The minimum atomic E-state index is -4.75. The van der Waals surface area contributed by atoms with Gasteiger partial charge < -0.3 is 0 Å². The van der Waals surface area contributed by atoms with E-state index in [0.717, 1.165) is 12.1 Å². The molecule has 0 atom stereocenters. The summed E-state index contributed by atoms with van der Waals surface area (Å²) in [7, 11) is 0. The molecule has 0 N–H and O–H groups in total. The summed E-state index contributed by atoms with van der Waals surface area (Å²) in [6, 6.07) is 5.42. The molecule has 0 spiro atoms. The molecule has 0 radical (unpaired) electrons. The lowest BCUT2D eigenvalue weighted by atomic mass is 10.0. The molecule has 2 aromatic carbocycles. The summed E-state index contributed by atoms with van der Waals surface area (Å²) in [6.07, 6.45) is -4.75. The van der Waals surface area contributed by atoms with Crippen molar-refractivity contribution >= 4 is 34.8 Å². The molecule has 0 aliphatic heterocycles. The minimum absolute atomic E-state index is 0.0540. The van der Waals surface area contributed by atoms with Crippen LogP contribution in [0.2, 0.25) is 15.1 Å². The van der Waals surface area contributed by atoms with Gasteiger partial charge in [0, 0.05) is 5.56 Å². The smallest absolute Gasteiger partial charge is 0.206 e. The SMILES string of the molecule is Fc1cc(-c2ccc(Cl)c(Cl)c2Cl)ccc1C(F)(F)F. The molecule has 0 amide bonds.